The van der Waals surface area contributed by atoms with E-state index in [9.17, 15) is 4.79 Å². The molecule has 1 aliphatic heterocycles. The second-order valence-electron chi connectivity index (χ2n) is 5.39. The minimum absolute atomic E-state index is 0.0836. The van der Waals surface area contributed by atoms with E-state index in [-0.39, 0.29) is 5.91 Å². The molecule has 3 rings (SSSR count). The molecule has 1 amide bonds. The van der Waals surface area contributed by atoms with Gasteiger partial charge in [-0.1, -0.05) is 6.07 Å². The van der Waals surface area contributed by atoms with Crippen molar-refractivity contribution in [2.75, 3.05) is 6.61 Å². The number of nitrogens with zero attached hydrogens (tertiary/aromatic N) is 3. The Kier molecular flexibility index (Phi) is 4.20. The minimum Gasteiger partial charge on any atom is -0.376 e. The maximum atomic E-state index is 12.3. The van der Waals surface area contributed by atoms with Crippen LogP contribution >= 0.6 is 0 Å². The standard InChI is InChI=1S/C16H20N4O2/c1-3-20-18-11(2)15(19-20)9-17-16(21)13-4-5-14-10-22-7-6-12(14)8-13/h4-5,8H,3,6-7,9-10H2,1-2H3,(H,17,21). The van der Waals surface area contributed by atoms with Gasteiger partial charge in [-0.2, -0.15) is 15.0 Å². The van der Waals surface area contributed by atoms with Crippen molar-refractivity contribution in [1.82, 2.24) is 20.3 Å². The average Bonchev–Trinajstić information content (AvgIpc) is 2.92. The van der Waals surface area contributed by atoms with Gasteiger partial charge in [0.25, 0.3) is 5.91 Å². The molecule has 6 nitrogen and oxygen atoms in total. The van der Waals surface area contributed by atoms with Gasteiger partial charge in [-0.05, 0) is 43.5 Å². The van der Waals surface area contributed by atoms with E-state index in [2.05, 4.69) is 15.5 Å². The fourth-order valence-corrected chi connectivity index (χ4v) is 2.54. The Labute approximate surface area is 129 Å². The van der Waals surface area contributed by atoms with Crippen molar-refractivity contribution in [3.63, 3.8) is 0 Å². The first-order valence-electron chi connectivity index (χ1n) is 7.55. The summed E-state index contributed by atoms with van der Waals surface area (Å²) in [5, 5.41) is 11.5. The van der Waals surface area contributed by atoms with Gasteiger partial charge in [0.15, 0.2) is 0 Å². The van der Waals surface area contributed by atoms with Crippen molar-refractivity contribution in [3.8, 4) is 0 Å². The van der Waals surface area contributed by atoms with Crippen LogP contribution in [-0.2, 0) is 30.9 Å². The molecule has 0 unspecified atom stereocenters. The molecule has 22 heavy (non-hydrogen) atoms. The molecule has 0 aliphatic carbocycles. The molecule has 0 saturated heterocycles. The largest absolute Gasteiger partial charge is 0.376 e. The third-order valence-corrected chi connectivity index (χ3v) is 3.86. The third-order valence-electron chi connectivity index (χ3n) is 3.86. The topological polar surface area (TPSA) is 69.0 Å². The molecule has 0 atom stereocenters. The molecule has 0 saturated carbocycles. The predicted molar refractivity (Wildman–Crippen MR) is 81.4 cm³/mol. The van der Waals surface area contributed by atoms with E-state index in [1.807, 2.05) is 32.0 Å². The van der Waals surface area contributed by atoms with Crippen LogP contribution in [0.25, 0.3) is 0 Å². The maximum Gasteiger partial charge on any atom is 0.251 e. The van der Waals surface area contributed by atoms with Gasteiger partial charge in [0.1, 0.15) is 5.69 Å². The number of amides is 1. The number of ether oxygens (including phenoxy) is 1. The Morgan fingerprint density at radius 2 is 2.23 bits per heavy atom. The van der Waals surface area contributed by atoms with Gasteiger partial charge in [-0.15, -0.1) is 0 Å². The van der Waals surface area contributed by atoms with Gasteiger partial charge in [0.2, 0.25) is 0 Å². The van der Waals surface area contributed by atoms with Crippen molar-refractivity contribution in [2.45, 2.75) is 40.0 Å². The lowest BCUT2D eigenvalue weighted by atomic mass is 10.00. The van der Waals surface area contributed by atoms with Crippen LogP contribution in [0.1, 0.15) is 39.8 Å². The molecule has 2 heterocycles. The summed E-state index contributed by atoms with van der Waals surface area (Å²) in [5.41, 5.74) is 4.71. The van der Waals surface area contributed by atoms with Crippen LogP contribution in [-0.4, -0.2) is 27.5 Å². The quantitative estimate of drug-likeness (QED) is 0.931. The first-order chi connectivity index (χ1) is 10.7. The molecule has 0 bridgehead atoms. The summed E-state index contributed by atoms with van der Waals surface area (Å²) >= 11 is 0. The lowest BCUT2D eigenvalue weighted by Gasteiger charge is -2.17. The van der Waals surface area contributed by atoms with Crippen LogP contribution in [0.2, 0.25) is 0 Å². The first-order valence-corrected chi connectivity index (χ1v) is 7.55. The summed E-state index contributed by atoms with van der Waals surface area (Å²) in [5.74, 6) is -0.0836. The molecule has 1 aromatic heterocycles. The third kappa shape index (κ3) is 3.01. The van der Waals surface area contributed by atoms with E-state index >= 15 is 0 Å². The zero-order chi connectivity index (χ0) is 15.5. The number of rotatable bonds is 4. The molecule has 1 N–H and O–H groups in total. The zero-order valence-corrected chi connectivity index (χ0v) is 12.9. The van der Waals surface area contributed by atoms with Crippen molar-refractivity contribution in [1.29, 1.82) is 0 Å². The fourth-order valence-electron chi connectivity index (χ4n) is 2.54. The van der Waals surface area contributed by atoms with Crippen LogP contribution < -0.4 is 5.32 Å². The van der Waals surface area contributed by atoms with Gasteiger partial charge in [0, 0.05) is 5.56 Å². The summed E-state index contributed by atoms with van der Waals surface area (Å²) in [6, 6.07) is 5.78. The number of carbonyl (C=O) groups is 1. The number of nitrogens with one attached hydrogen (secondary N) is 1. The Bertz CT molecular complexity index is 693. The normalized spacial score (nSPS) is 13.7. The lowest BCUT2D eigenvalue weighted by Crippen LogP contribution is -2.24. The van der Waals surface area contributed by atoms with Crippen LogP contribution in [0.5, 0.6) is 0 Å². The zero-order valence-electron chi connectivity index (χ0n) is 12.9. The Morgan fingerprint density at radius 1 is 1.36 bits per heavy atom. The molecule has 1 aliphatic rings. The number of hydrogen-bond donors (Lipinski definition) is 1. The van der Waals surface area contributed by atoms with Crippen LogP contribution in [0, 0.1) is 6.92 Å². The molecular formula is C16H20N4O2. The molecule has 2 aromatic rings. The Morgan fingerprint density at radius 3 is 3.00 bits per heavy atom. The van der Waals surface area contributed by atoms with Crippen molar-refractivity contribution in [2.24, 2.45) is 0 Å². The predicted octanol–water partition coefficient (Wildman–Crippen LogP) is 1.61. The average molecular weight is 300 g/mol. The number of aryl methyl sites for hydroxylation is 2. The highest BCUT2D eigenvalue weighted by atomic mass is 16.5. The van der Waals surface area contributed by atoms with E-state index in [0.717, 1.165) is 31.0 Å². The number of benzene rings is 1. The number of hydrogen-bond acceptors (Lipinski definition) is 4. The summed E-state index contributed by atoms with van der Waals surface area (Å²) < 4.78 is 5.41. The first kappa shape index (κ1) is 14.7. The van der Waals surface area contributed by atoms with Crippen LogP contribution in [0.3, 0.4) is 0 Å². The van der Waals surface area contributed by atoms with Crippen molar-refractivity contribution >= 4 is 5.91 Å². The summed E-state index contributed by atoms with van der Waals surface area (Å²) in [7, 11) is 0. The van der Waals surface area contributed by atoms with Crippen molar-refractivity contribution in [3.05, 3.63) is 46.3 Å². The fraction of sp³-hybridized carbons (Fsp3) is 0.438. The number of aromatic nitrogens is 3. The highest BCUT2D eigenvalue weighted by molar-refractivity contribution is 5.94. The molecule has 6 heteroatoms. The van der Waals surface area contributed by atoms with Gasteiger partial charge < -0.3 is 10.1 Å². The molecule has 1 aromatic carbocycles. The second-order valence-corrected chi connectivity index (χ2v) is 5.39. The minimum atomic E-state index is -0.0836. The monoisotopic (exact) mass is 300 g/mol. The SMILES string of the molecule is CCn1nc(C)c(CNC(=O)c2ccc3c(c2)CCOC3)n1. The Hall–Kier alpha value is -2.21. The maximum absolute atomic E-state index is 12.3. The second kappa shape index (κ2) is 6.27. The Balaban J connectivity index is 1.68. The number of fused-ring (bicyclic) bond motifs is 1. The van der Waals surface area contributed by atoms with E-state index in [4.69, 9.17) is 4.74 Å². The molecule has 116 valence electrons. The van der Waals surface area contributed by atoms with Gasteiger partial charge in [0.05, 0.1) is 32.0 Å². The van der Waals surface area contributed by atoms with E-state index in [0.29, 0.717) is 18.7 Å². The smallest absolute Gasteiger partial charge is 0.251 e. The van der Waals surface area contributed by atoms with E-state index in [1.165, 1.54) is 11.1 Å². The summed E-state index contributed by atoms with van der Waals surface area (Å²) in [4.78, 5) is 13.9. The molecular weight excluding hydrogens is 280 g/mol. The molecule has 0 spiro atoms. The van der Waals surface area contributed by atoms with E-state index in [1.54, 1.807) is 4.80 Å². The van der Waals surface area contributed by atoms with Crippen LogP contribution in [0.4, 0.5) is 0 Å². The van der Waals surface area contributed by atoms with Gasteiger partial charge in [-0.25, -0.2) is 0 Å². The lowest BCUT2D eigenvalue weighted by molar-refractivity contribution is 0.0948. The van der Waals surface area contributed by atoms with E-state index < -0.39 is 0 Å². The molecule has 0 radical (unpaired) electrons. The van der Waals surface area contributed by atoms with Crippen LogP contribution in [0.15, 0.2) is 18.2 Å². The molecule has 0 fully saturated rings. The van der Waals surface area contributed by atoms with Gasteiger partial charge in [-0.3, -0.25) is 4.79 Å². The number of carbonyl (C=O) groups excluding carboxylic acids is 1. The highest BCUT2D eigenvalue weighted by Crippen LogP contribution is 2.18. The highest BCUT2D eigenvalue weighted by Gasteiger charge is 2.14. The van der Waals surface area contributed by atoms with Crippen molar-refractivity contribution < 1.29 is 9.53 Å². The van der Waals surface area contributed by atoms with Gasteiger partial charge >= 0.3 is 0 Å². The summed E-state index contributed by atoms with van der Waals surface area (Å²) in [6.07, 6.45) is 0.861. The summed E-state index contributed by atoms with van der Waals surface area (Å²) in [6.45, 7) is 6.36.